The molecule has 2 N–H and O–H groups in total. The van der Waals surface area contributed by atoms with Crippen LogP contribution in [0.15, 0.2) is 24.3 Å². The van der Waals surface area contributed by atoms with Crippen molar-refractivity contribution >= 4 is 11.9 Å². The fraction of sp³-hybridized carbons (Fsp3) is 0.467. The van der Waals surface area contributed by atoms with Gasteiger partial charge in [0.2, 0.25) is 0 Å². The zero-order chi connectivity index (χ0) is 17.3. The Morgan fingerprint density at radius 3 is 2.35 bits per heavy atom. The van der Waals surface area contributed by atoms with E-state index in [2.05, 4.69) is 10.1 Å². The number of carboxylic acid groups (broad SMARTS) is 1. The third kappa shape index (κ3) is 8.82. The summed E-state index contributed by atoms with van der Waals surface area (Å²) in [4.78, 5) is 22.1. The molecule has 0 aliphatic carbocycles. The van der Waals surface area contributed by atoms with Crippen molar-refractivity contribution in [3.63, 3.8) is 0 Å². The first-order chi connectivity index (χ1) is 10.8. The predicted molar refractivity (Wildman–Crippen MR) is 76.0 cm³/mol. The van der Waals surface area contributed by atoms with Crippen LogP contribution in [0, 0.1) is 0 Å². The Morgan fingerprint density at radius 2 is 1.78 bits per heavy atom. The quantitative estimate of drug-likeness (QED) is 0.682. The number of carbonyl (C=O) groups is 2. The van der Waals surface area contributed by atoms with Crippen molar-refractivity contribution in [2.75, 3.05) is 13.2 Å². The number of benzene rings is 1. The van der Waals surface area contributed by atoms with Gasteiger partial charge in [-0.3, -0.25) is 9.59 Å². The molecule has 8 heteroatoms. The van der Waals surface area contributed by atoms with E-state index in [1.165, 1.54) is 24.3 Å². The van der Waals surface area contributed by atoms with Crippen LogP contribution in [-0.4, -0.2) is 36.3 Å². The van der Waals surface area contributed by atoms with Crippen molar-refractivity contribution in [1.82, 2.24) is 5.32 Å². The highest BCUT2D eigenvalue weighted by Gasteiger charge is 2.27. The molecule has 0 saturated carbocycles. The normalized spacial score (nSPS) is 11.3. The number of ether oxygens (including phenoxy) is 1. The third-order valence-electron chi connectivity index (χ3n) is 2.85. The highest BCUT2D eigenvalue weighted by Crippen LogP contribution is 2.15. The molecule has 23 heavy (non-hydrogen) atoms. The van der Waals surface area contributed by atoms with Crippen LogP contribution in [0.1, 0.15) is 35.2 Å². The highest BCUT2D eigenvalue weighted by molar-refractivity contribution is 5.94. The van der Waals surface area contributed by atoms with Gasteiger partial charge in [-0.15, -0.1) is 0 Å². The minimum atomic E-state index is -4.36. The van der Waals surface area contributed by atoms with E-state index in [9.17, 15) is 22.8 Å². The lowest BCUT2D eigenvalue weighted by Gasteiger charge is -2.08. The monoisotopic (exact) mass is 333 g/mol. The molecule has 1 aromatic carbocycles. The largest absolute Gasteiger partial charge is 0.481 e. The highest BCUT2D eigenvalue weighted by atomic mass is 19.4. The second kappa shape index (κ2) is 9.14. The van der Waals surface area contributed by atoms with Crippen LogP contribution in [0.3, 0.4) is 0 Å². The Labute approximate surface area is 131 Å². The van der Waals surface area contributed by atoms with Crippen molar-refractivity contribution in [3.05, 3.63) is 35.4 Å². The van der Waals surface area contributed by atoms with E-state index in [1.807, 2.05) is 0 Å². The third-order valence-corrected chi connectivity index (χ3v) is 2.85. The van der Waals surface area contributed by atoms with Crippen molar-refractivity contribution in [2.45, 2.75) is 32.0 Å². The fourth-order valence-corrected chi connectivity index (χ4v) is 1.74. The van der Waals surface area contributed by atoms with Crippen LogP contribution < -0.4 is 5.32 Å². The SMILES string of the molecule is O=C(O)CCCCNC(=O)c1ccc(COCC(F)(F)F)cc1. The Bertz CT molecular complexity index is 514. The van der Waals surface area contributed by atoms with Crippen LogP contribution in [0.25, 0.3) is 0 Å². The molecule has 1 rings (SSSR count). The second-order valence-electron chi connectivity index (χ2n) is 4.91. The molecule has 0 aromatic heterocycles. The standard InChI is InChI=1S/C15H18F3NO4/c16-15(17,18)10-23-9-11-4-6-12(7-5-11)14(22)19-8-2-1-3-13(20)21/h4-7H,1-3,8-10H2,(H,19,22)(H,20,21). The van der Waals surface area contributed by atoms with Crippen LogP contribution in [0.5, 0.6) is 0 Å². The Balaban J connectivity index is 2.32. The lowest BCUT2D eigenvalue weighted by Crippen LogP contribution is -2.24. The molecule has 0 aliphatic rings. The van der Waals surface area contributed by atoms with Crippen molar-refractivity contribution < 1.29 is 32.6 Å². The first-order valence-electron chi connectivity index (χ1n) is 7.01. The van der Waals surface area contributed by atoms with E-state index in [4.69, 9.17) is 5.11 Å². The van der Waals surface area contributed by atoms with Gasteiger partial charge in [-0.1, -0.05) is 12.1 Å². The van der Waals surface area contributed by atoms with Crippen molar-refractivity contribution in [1.29, 1.82) is 0 Å². The summed E-state index contributed by atoms with van der Waals surface area (Å²) in [7, 11) is 0. The number of hydrogen-bond donors (Lipinski definition) is 2. The maximum Gasteiger partial charge on any atom is 0.411 e. The summed E-state index contributed by atoms with van der Waals surface area (Å²) in [5.41, 5.74) is 0.912. The van der Waals surface area contributed by atoms with E-state index in [0.717, 1.165) is 0 Å². The number of rotatable bonds is 9. The summed E-state index contributed by atoms with van der Waals surface area (Å²) in [6.45, 7) is -1.13. The predicted octanol–water partition coefficient (Wildman–Crippen LogP) is 2.75. The first-order valence-corrected chi connectivity index (χ1v) is 7.01. The topological polar surface area (TPSA) is 75.6 Å². The number of hydrogen-bond acceptors (Lipinski definition) is 3. The Kier molecular flexibility index (Phi) is 7.53. The summed E-state index contributed by atoms with van der Waals surface area (Å²) < 4.78 is 40.3. The lowest BCUT2D eigenvalue weighted by atomic mass is 10.1. The smallest absolute Gasteiger partial charge is 0.411 e. The summed E-state index contributed by atoms with van der Waals surface area (Å²) in [6, 6.07) is 6.04. The summed E-state index contributed by atoms with van der Waals surface area (Å²) in [6.07, 6.45) is -3.27. The van der Waals surface area contributed by atoms with Gasteiger partial charge in [-0.25, -0.2) is 0 Å². The number of amides is 1. The van der Waals surface area contributed by atoms with Crippen molar-refractivity contribution in [2.24, 2.45) is 0 Å². The van der Waals surface area contributed by atoms with Crippen LogP contribution in [-0.2, 0) is 16.1 Å². The zero-order valence-corrected chi connectivity index (χ0v) is 12.4. The number of unbranched alkanes of at least 4 members (excludes halogenated alkanes) is 1. The van der Waals surface area contributed by atoms with Crippen molar-refractivity contribution in [3.8, 4) is 0 Å². The first kappa shape index (κ1) is 19.0. The van der Waals surface area contributed by atoms with Gasteiger partial charge in [-0.05, 0) is 30.5 Å². The molecule has 0 aliphatic heterocycles. The second-order valence-corrected chi connectivity index (χ2v) is 4.91. The Morgan fingerprint density at radius 1 is 1.13 bits per heavy atom. The average molecular weight is 333 g/mol. The van der Waals surface area contributed by atoms with E-state index in [-0.39, 0.29) is 18.9 Å². The Hall–Kier alpha value is -2.09. The van der Waals surface area contributed by atoms with Gasteiger partial charge in [0.05, 0.1) is 6.61 Å². The number of alkyl halides is 3. The minimum absolute atomic E-state index is 0.0580. The number of nitrogens with one attached hydrogen (secondary N) is 1. The maximum atomic E-state index is 11.9. The molecular formula is C15H18F3NO4. The average Bonchev–Trinajstić information content (AvgIpc) is 2.45. The van der Waals surface area contributed by atoms with Gasteiger partial charge < -0.3 is 15.2 Å². The minimum Gasteiger partial charge on any atom is -0.481 e. The molecule has 0 radical (unpaired) electrons. The van der Waals surface area contributed by atoms with Gasteiger partial charge >= 0.3 is 12.1 Å². The van der Waals surface area contributed by atoms with Gasteiger partial charge in [-0.2, -0.15) is 13.2 Å². The van der Waals surface area contributed by atoms with E-state index in [0.29, 0.717) is 30.5 Å². The van der Waals surface area contributed by atoms with Crippen LogP contribution >= 0.6 is 0 Å². The number of carboxylic acids is 1. The molecule has 128 valence electrons. The number of carbonyl (C=O) groups excluding carboxylic acids is 1. The van der Waals surface area contributed by atoms with Crippen LogP contribution in [0.2, 0.25) is 0 Å². The fourth-order valence-electron chi connectivity index (χ4n) is 1.74. The number of halogens is 3. The number of aliphatic carboxylic acids is 1. The van der Waals surface area contributed by atoms with Gasteiger partial charge in [0, 0.05) is 18.5 Å². The molecule has 0 unspecified atom stereocenters. The lowest BCUT2D eigenvalue weighted by molar-refractivity contribution is -0.176. The zero-order valence-electron chi connectivity index (χ0n) is 12.4. The van der Waals surface area contributed by atoms with E-state index >= 15 is 0 Å². The summed E-state index contributed by atoms with van der Waals surface area (Å²) >= 11 is 0. The molecule has 0 atom stereocenters. The van der Waals surface area contributed by atoms with Gasteiger partial charge in [0.1, 0.15) is 6.61 Å². The van der Waals surface area contributed by atoms with Gasteiger partial charge in [0.25, 0.3) is 5.91 Å². The van der Waals surface area contributed by atoms with Gasteiger partial charge in [0.15, 0.2) is 0 Å². The summed E-state index contributed by atoms with van der Waals surface area (Å²) in [5, 5.41) is 11.1. The molecular weight excluding hydrogens is 315 g/mol. The maximum absolute atomic E-state index is 11.9. The van der Waals surface area contributed by atoms with Crippen LogP contribution in [0.4, 0.5) is 13.2 Å². The molecule has 0 fully saturated rings. The molecule has 0 spiro atoms. The molecule has 0 saturated heterocycles. The molecule has 1 amide bonds. The molecule has 0 heterocycles. The summed E-state index contributed by atoms with van der Waals surface area (Å²) in [5.74, 6) is -1.19. The molecule has 5 nitrogen and oxygen atoms in total. The van der Waals surface area contributed by atoms with E-state index in [1.54, 1.807) is 0 Å². The van der Waals surface area contributed by atoms with E-state index < -0.39 is 18.8 Å². The molecule has 0 bridgehead atoms. The molecule has 1 aromatic rings.